The zero-order valence-corrected chi connectivity index (χ0v) is 10.5. The second-order valence-electron chi connectivity index (χ2n) is 3.78. The Kier molecular flexibility index (Phi) is 3.26. The van der Waals surface area contributed by atoms with Crippen molar-refractivity contribution in [2.45, 2.75) is 11.8 Å². The third kappa shape index (κ3) is 3.02. The minimum absolute atomic E-state index is 0.0413. The maximum absolute atomic E-state index is 11.2. The Labute approximate surface area is 105 Å². The first kappa shape index (κ1) is 12.5. The molecule has 1 aromatic carbocycles. The summed E-state index contributed by atoms with van der Waals surface area (Å²) in [6, 6.07) is 6.16. The number of aromatic nitrogens is 2. The molecule has 0 aliphatic rings. The van der Waals surface area contributed by atoms with E-state index in [4.69, 9.17) is 5.14 Å². The third-order valence-corrected chi connectivity index (χ3v) is 3.11. The van der Waals surface area contributed by atoms with Crippen LogP contribution >= 0.6 is 0 Å². The lowest BCUT2D eigenvalue weighted by atomic mass is 10.3. The highest BCUT2D eigenvalue weighted by Gasteiger charge is 2.08. The van der Waals surface area contributed by atoms with Gasteiger partial charge in [-0.15, -0.1) is 0 Å². The molecule has 94 valence electrons. The minimum Gasteiger partial charge on any atom is -0.324 e. The van der Waals surface area contributed by atoms with Crippen molar-refractivity contribution in [3.63, 3.8) is 0 Å². The van der Waals surface area contributed by atoms with Gasteiger partial charge in [0.2, 0.25) is 16.0 Å². The molecule has 1 heterocycles. The van der Waals surface area contributed by atoms with Crippen LogP contribution in [0.2, 0.25) is 0 Å². The van der Waals surface area contributed by atoms with Crippen LogP contribution in [0.3, 0.4) is 0 Å². The van der Waals surface area contributed by atoms with Crippen LogP contribution in [-0.2, 0) is 10.0 Å². The molecule has 0 amide bonds. The smallest absolute Gasteiger partial charge is 0.238 e. The van der Waals surface area contributed by atoms with Crippen molar-refractivity contribution in [1.82, 2.24) is 9.97 Å². The first-order valence-corrected chi connectivity index (χ1v) is 6.68. The number of hydrogen-bond acceptors (Lipinski definition) is 5. The van der Waals surface area contributed by atoms with Crippen LogP contribution in [0.1, 0.15) is 5.56 Å². The molecule has 2 rings (SSSR count). The zero-order chi connectivity index (χ0) is 13.2. The van der Waals surface area contributed by atoms with Crippen molar-refractivity contribution >= 4 is 21.7 Å². The summed E-state index contributed by atoms with van der Waals surface area (Å²) in [7, 11) is -3.71. The van der Waals surface area contributed by atoms with Crippen LogP contribution in [0.4, 0.5) is 11.6 Å². The molecule has 0 bridgehead atoms. The molecule has 6 nitrogen and oxygen atoms in total. The van der Waals surface area contributed by atoms with Crippen LogP contribution in [0.25, 0.3) is 0 Å². The Balaban J connectivity index is 2.27. The molecule has 3 N–H and O–H groups in total. The molecule has 7 heteroatoms. The van der Waals surface area contributed by atoms with E-state index in [0.29, 0.717) is 11.6 Å². The Morgan fingerprint density at radius 2 is 1.89 bits per heavy atom. The van der Waals surface area contributed by atoms with Crippen LogP contribution in [0.5, 0.6) is 0 Å². The lowest BCUT2D eigenvalue weighted by Crippen LogP contribution is -2.12. The quantitative estimate of drug-likeness (QED) is 0.867. The average molecular weight is 264 g/mol. The molecule has 0 fully saturated rings. The Morgan fingerprint density at radius 1 is 1.22 bits per heavy atom. The Bertz CT molecular complexity index is 653. The van der Waals surface area contributed by atoms with Crippen molar-refractivity contribution in [3.05, 3.63) is 42.2 Å². The van der Waals surface area contributed by atoms with Gasteiger partial charge in [0, 0.05) is 18.1 Å². The first-order chi connectivity index (χ1) is 8.45. The van der Waals surface area contributed by atoms with E-state index in [1.165, 1.54) is 12.1 Å². The summed E-state index contributed by atoms with van der Waals surface area (Å²) in [5, 5.41) is 7.95. The fourth-order valence-electron chi connectivity index (χ4n) is 1.34. The minimum atomic E-state index is -3.71. The monoisotopic (exact) mass is 264 g/mol. The highest BCUT2D eigenvalue weighted by atomic mass is 32.2. The van der Waals surface area contributed by atoms with Gasteiger partial charge in [-0.1, -0.05) is 6.07 Å². The highest BCUT2D eigenvalue weighted by molar-refractivity contribution is 7.89. The first-order valence-electron chi connectivity index (χ1n) is 5.14. The maximum Gasteiger partial charge on any atom is 0.238 e. The van der Waals surface area contributed by atoms with Gasteiger partial charge >= 0.3 is 0 Å². The van der Waals surface area contributed by atoms with Gasteiger partial charge < -0.3 is 5.32 Å². The van der Waals surface area contributed by atoms with Crippen molar-refractivity contribution in [2.24, 2.45) is 5.14 Å². The largest absolute Gasteiger partial charge is 0.324 e. The summed E-state index contributed by atoms with van der Waals surface area (Å²) >= 11 is 0. The molecule has 1 aromatic heterocycles. The molecule has 18 heavy (non-hydrogen) atoms. The van der Waals surface area contributed by atoms with E-state index in [1.54, 1.807) is 24.5 Å². The van der Waals surface area contributed by atoms with E-state index in [2.05, 4.69) is 15.3 Å². The molecular formula is C11H12N4O2S. The fraction of sp³-hybridized carbons (Fsp3) is 0.0909. The number of nitrogens with one attached hydrogen (secondary N) is 1. The van der Waals surface area contributed by atoms with E-state index < -0.39 is 10.0 Å². The van der Waals surface area contributed by atoms with Crippen molar-refractivity contribution in [2.75, 3.05) is 5.32 Å². The Morgan fingerprint density at radius 3 is 2.50 bits per heavy atom. The van der Waals surface area contributed by atoms with Crippen molar-refractivity contribution in [3.8, 4) is 0 Å². The standard InChI is InChI=1S/C11H12N4O2S/c1-8-6-13-11(14-7-8)15-9-3-2-4-10(5-9)18(12,16)17/h2-7H,1H3,(H2,12,16,17)(H,13,14,15). The fourth-order valence-corrected chi connectivity index (χ4v) is 1.90. The van der Waals surface area contributed by atoms with E-state index >= 15 is 0 Å². The van der Waals surface area contributed by atoms with Gasteiger partial charge in [0.25, 0.3) is 0 Å². The van der Waals surface area contributed by atoms with Crippen molar-refractivity contribution in [1.29, 1.82) is 0 Å². The molecule has 0 unspecified atom stereocenters. The average Bonchev–Trinajstić information content (AvgIpc) is 2.31. The maximum atomic E-state index is 11.2. The second-order valence-corrected chi connectivity index (χ2v) is 5.34. The molecule has 0 saturated carbocycles. The number of primary sulfonamides is 1. The lowest BCUT2D eigenvalue weighted by Gasteiger charge is -2.06. The van der Waals surface area contributed by atoms with Gasteiger partial charge in [0.15, 0.2) is 0 Å². The van der Waals surface area contributed by atoms with Gasteiger partial charge in [-0.05, 0) is 30.7 Å². The summed E-state index contributed by atoms with van der Waals surface area (Å²) in [5.41, 5.74) is 1.50. The van der Waals surface area contributed by atoms with E-state index in [-0.39, 0.29) is 4.90 Å². The molecule has 0 saturated heterocycles. The topological polar surface area (TPSA) is 98.0 Å². The van der Waals surface area contributed by atoms with E-state index in [1.807, 2.05) is 6.92 Å². The van der Waals surface area contributed by atoms with E-state index in [0.717, 1.165) is 5.56 Å². The van der Waals surface area contributed by atoms with Crippen LogP contribution in [0, 0.1) is 6.92 Å². The predicted octanol–water partition coefficient (Wildman–Crippen LogP) is 1.18. The SMILES string of the molecule is Cc1cnc(Nc2cccc(S(N)(=O)=O)c2)nc1. The molecule has 0 atom stereocenters. The van der Waals surface area contributed by atoms with Gasteiger partial charge in [0.05, 0.1) is 4.90 Å². The number of benzene rings is 1. The third-order valence-electron chi connectivity index (χ3n) is 2.20. The van der Waals surface area contributed by atoms with Gasteiger partial charge in [-0.2, -0.15) is 0 Å². The summed E-state index contributed by atoms with van der Waals surface area (Å²) in [6.45, 7) is 1.88. The second kappa shape index (κ2) is 4.71. The van der Waals surface area contributed by atoms with Crippen molar-refractivity contribution < 1.29 is 8.42 Å². The summed E-state index contributed by atoms with van der Waals surface area (Å²) < 4.78 is 22.4. The predicted molar refractivity (Wildman–Crippen MR) is 67.9 cm³/mol. The Hall–Kier alpha value is -1.99. The molecule has 0 aliphatic heterocycles. The number of nitrogens with zero attached hydrogens (tertiary/aromatic N) is 2. The van der Waals surface area contributed by atoms with Crippen LogP contribution in [-0.4, -0.2) is 18.4 Å². The number of aryl methyl sites for hydroxylation is 1. The molecule has 0 aliphatic carbocycles. The number of sulfonamides is 1. The lowest BCUT2D eigenvalue weighted by molar-refractivity contribution is 0.598. The summed E-state index contributed by atoms with van der Waals surface area (Å²) in [4.78, 5) is 8.17. The van der Waals surface area contributed by atoms with Gasteiger partial charge in [-0.25, -0.2) is 23.5 Å². The molecular weight excluding hydrogens is 252 g/mol. The molecule has 0 radical (unpaired) electrons. The molecule has 0 spiro atoms. The summed E-state index contributed by atoms with van der Waals surface area (Å²) in [5.74, 6) is 0.396. The number of hydrogen-bond donors (Lipinski definition) is 2. The number of rotatable bonds is 3. The highest BCUT2D eigenvalue weighted by Crippen LogP contribution is 2.16. The number of anilines is 2. The number of nitrogens with two attached hydrogens (primary N) is 1. The van der Waals surface area contributed by atoms with Crippen LogP contribution in [0.15, 0.2) is 41.6 Å². The zero-order valence-electron chi connectivity index (χ0n) is 9.66. The normalized spacial score (nSPS) is 11.2. The van der Waals surface area contributed by atoms with Gasteiger partial charge in [-0.3, -0.25) is 0 Å². The van der Waals surface area contributed by atoms with E-state index in [9.17, 15) is 8.42 Å². The molecule has 2 aromatic rings. The summed E-state index contributed by atoms with van der Waals surface area (Å²) in [6.07, 6.45) is 3.33. The van der Waals surface area contributed by atoms with Crippen LogP contribution < -0.4 is 10.5 Å². The van der Waals surface area contributed by atoms with Gasteiger partial charge in [0.1, 0.15) is 0 Å².